The molecule has 25 heavy (non-hydrogen) atoms. The predicted octanol–water partition coefficient (Wildman–Crippen LogP) is 0.924. The zero-order valence-electron chi connectivity index (χ0n) is 14.1. The summed E-state index contributed by atoms with van der Waals surface area (Å²) in [6.45, 7) is 3.03. The molecular formula is C18H22FN2O3S+. The van der Waals surface area contributed by atoms with E-state index in [9.17, 15) is 12.8 Å². The number of hydrogen-bond donors (Lipinski definition) is 1. The van der Waals surface area contributed by atoms with Crippen LogP contribution in [0.5, 0.6) is 5.75 Å². The van der Waals surface area contributed by atoms with E-state index in [1.807, 2.05) is 24.3 Å². The molecule has 7 heteroatoms. The van der Waals surface area contributed by atoms with Crippen LogP contribution in [-0.4, -0.2) is 46.0 Å². The van der Waals surface area contributed by atoms with Crippen LogP contribution >= 0.6 is 0 Å². The molecule has 1 fully saturated rings. The first-order valence-corrected chi connectivity index (χ1v) is 9.66. The lowest BCUT2D eigenvalue weighted by molar-refractivity contribution is -0.917. The highest BCUT2D eigenvalue weighted by Crippen LogP contribution is 2.18. The van der Waals surface area contributed by atoms with Crippen molar-refractivity contribution in [3.8, 4) is 5.75 Å². The fourth-order valence-electron chi connectivity index (χ4n) is 3.11. The molecular weight excluding hydrogens is 343 g/mol. The van der Waals surface area contributed by atoms with Gasteiger partial charge in [0.15, 0.2) is 0 Å². The van der Waals surface area contributed by atoms with Crippen molar-refractivity contribution in [2.75, 3.05) is 33.3 Å². The summed E-state index contributed by atoms with van der Waals surface area (Å²) in [5, 5.41) is 0. The van der Waals surface area contributed by atoms with Crippen LogP contribution in [0.4, 0.5) is 4.39 Å². The number of benzene rings is 2. The highest BCUT2D eigenvalue weighted by Gasteiger charge is 2.30. The van der Waals surface area contributed by atoms with Crippen molar-refractivity contribution in [1.29, 1.82) is 0 Å². The SMILES string of the molecule is COc1ccccc1C[NH+]1CCN(S(=O)(=O)c2cccc(F)c2)CC1. The third-order valence-electron chi connectivity index (χ3n) is 4.50. The highest BCUT2D eigenvalue weighted by molar-refractivity contribution is 7.89. The Morgan fingerprint density at radius 3 is 2.52 bits per heavy atom. The van der Waals surface area contributed by atoms with Gasteiger partial charge in [0, 0.05) is 5.56 Å². The fraction of sp³-hybridized carbons (Fsp3) is 0.333. The van der Waals surface area contributed by atoms with Gasteiger partial charge in [-0.3, -0.25) is 0 Å². The van der Waals surface area contributed by atoms with Gasteiger partial charge in [-0.1, -0.05) is 18.2 Å². The van der Waals surface area contributed by atoms with Crippen molar-refractivity contribution >= 4 is 10.0 Å². The second-order valence-electron chi connectivity index (χ2n) is 6.10. The van der Waals surface area contributed by atoms with Crippen LogP contribution in [0.15, 0.2) is 53.4 Å². The molecule has 3 rings (SSSR count). The Morgan fingerprint density at radius 1 is 1.12 bits per heavy atom. The Kier molecular flexibility index (Phi) is 5.36. The molecule has 0 spiro atoms. The average Bonchev–Trinajstić information content (AvgIpc) is 2.63. The van der Waals surface area contributed by atoms with E-state index < -0.39 is 15.8 Å². The fourth-order valence-corrected chi connectivity index (χ4v) is 4.59. The molecule has 0 saturated carbocycles. The summed E-state index contributed by atoms with van der Waals surface area (Å²) in [5.74, 6) is 0.311. The number of sulfonamides is 1. The normalized spacial score (nSPS) is 16.7. The number of quaternary nitrogens is 1. The van der Waals surface area contributed by atoms with Crippen molar-refractivity contribution in [2.24, 2.45) is 0 Å². The third-order valence-corrected chi connectivity index (χ3v) is 6.39. The molecule has 2 aromatic rings. The second kappa shape index (κ2) is 7.51. The number of nitrogens with zero attached hydrogens (tertiary/aromatic N) is 1. The molecule has 0 unspecified atom stereocenters. The lowest BCUT2D eigenvalue weighted by Gasteiger charge is -2.31. The predicted molar refractivity (Wildman–Crippen MR) is 92.6 cm³/mol. The molecule has 0 amide bonds. The van der Waals surface area contributed by atoms with Crippen LogP contribution in [0.2, 0.25) is 0 Å². The first kappa shape index (κ1) is 17.8. The minimum atomic E-state index is -3.64. The molecule has 1 aliphatic heterocycles. The Bertz CT molecular complexity index is 834. The summed E-state index contributed by atoms with van der Waals surface area (Å²) in [7, 11) is -1.99. The van der Waals surface area contributed by atoms with Gasteiger partial charge in [-0.2, -0.15) is 4.31 Å². The summed E-state index contributed by atoms with van der Waals surface area (Å²) in [6, 6.07) is 13.0. The van der Waals surface area contributed by atoms with E-state index in [4.69, 9.17) is 4.74 Å². The van der Waals surface area contributed by atoms with Gasteiger partial charge in [-0.15, -0.1) is 0 Å². The largest absolute Gasteiger partial charge is 0.496 e. The van der Waals surface area contributed by atoms with E-state index >= 15 is 0 Å². The van der Waals surface area contributed by atoms with Gasteiger partial charge in [-0.05, 0) is 30.3 Å². The van der Waals surface area contributed by atoms with Crippen LogP contribution in [0, 0.1) is 5.82 Å². The maximum Gasteiger partial charge on any atom is 0.243 e. The van der Waals surface area contributed by atoms with E-state index in [1.165, 1.54) is 27.4 Å². The zero-order chi connectivity index (χ0) is 17.9. The van der Waals surface area contributed by atoms with Gasteiger partial charge in [0.2, 0.25) is 10.0 Å². The number of piperazine rings is 1. The lowest BCUT2D eigenvalue weighted by atomic mass is 10.2. The minimum absolute atomic E-state index is 0.0145. The monoisotopic (exact) mass is 365 g/mol. The third kappa shape index (κ3) is 4.00. The molecule has 0 aromatic heterocycles. The number of methoxy groups -OCH3 is 1. The van der Waals surface area contributed by atoms with Gasteiger partial charge in [0.1, 0.15) is 18.1 Å². The van der Waals surface area contributed by atoms with E-state index in [1.54, 1.807) is 7.11 Å². The quantitative estimate of drug-likeness (QED) is 0.858. The molecule has 0 bridgehead atoms. The van der Waals surface area contributed by atoms with Gasteiger partial charge in [0.25, 0.3) is 0 Å². The van der Waals surface area contributed by atoms with Crippen LogP contribution in [0.1, 0.15) is 5.56 Å². The number of nitrogens with one attached hydrogen (secondary N) is 1. The molecule has 134 valence electrons. The molecule has 0 atom stereocenters. The Labute approximate surface area is 147 Å². The van der Waals surface area contributed by atoms with Crippen LogP contribution in [0.3, 0.4) is 0 Å². The maximum atomic E-state index is 13.3. The molecule has 5 nitrogen and oxygen atoms in total. The van der Waals surface area contributed by atoms with Crippen molar-refractivity contribution in [2.45, 2.75) is 11.4 Å². The van der Waals surface area contributed by atoms with Gasteiger partial charge >= 0.3 is 0 Å². The van der Waals surface area contributed by atoms with Crippen LogP contribution in [-0.2, 0) is 16.6 Å². The summed E-state index contributed by atoms with van der Waals surface area (Å²) in [5.41, 5.74) is 1.11. The molecule has 0 aliphatic carbocycles. The second-order valence-corrected chi connectivity index (χ2v) is 8.04. The average molecular weight is 365 g/mol. The van der Waals surface area contributed by atoms with E-state index in [0.717, 1.165) is 23.9 Å². The Balaban J connectivity index is 1.65. The van der Waals surface area contributed by atoms with Crippen molar-refractivity contribution in [3.05, 3.63) is 59.9 Å². The number of ether oxygens (including phenoxy) is 1. The van der Waals surface area contributed by atoms with Crippen molar-refractivity contribution in [3.63, 3.8) is 0 Å². The standard InChI is InChI=1S/C18H21FN2O3S/c1-24-18-8-3-2-5-15(18)14-20-9-11-21(12-10-20)25(22,23)17-7-4-6-16(19)13-17/h2-8,13H,9-12,14H2,1H3/p+1. The molecule has 2 aromatic carbocycles. The zero-order valence-corrected chi connectivity index (χ0v) is 14.9. The van der Waals surface area contributed by atoms with E-state index in [2.05, 4.69) is 0 Å². The number of hydrogen-bond acceptors (Lipinski definition) is 3. The first-order valence-electron chi connectivity index (χ1n) is 8.22. The Hall–Kier alpha value is -1.96. The lowest BCUT2D eigenvalue weighted by Crippen LogP contribution is -3.13. The summed E-state index contributed by atoms with van der Waals surface area (Å²) in [6.07, 6.45) is 0. The van der Waals surface area contributed by atoms with Gasteiger partial charge in [0.05, 0.1) is 38.2 Å². The molecule has 1 heterocycles. The number of rotatable bonds is 5. The van der Waals surface area contributed by atoms with Crippen molar-refractivity contribution < 1.29 is 22.4 Å². The molecule has 1 aliphatic rings. The molecule has 1 N–H and O–H groups in total. The van der Waals surface area contributed by atoms with Gasteiger partial charge in [-0.25, -0.2) is 12.8 Å². The van der Waals surface area contributed by atoms with Crippen LogP contribution in [0.25, 0.3) is 0 Å². The summed E-state index contributed by atoms with van der Waals surface area (Å²) in [4.78, 5) is 1.32. The summed E-state index contributed by atoms with van der Waals surface area (Å²) >= 11 is 0. The molecule has 0 radical (unpaired) electrons. The van der Waals surface area contributed by atoms with Gasteiger partial charge < -0.3 is 9.64 Å². The van der Waals surface area contributed by atoms with E-state index in [-0.39, 0.29) is 4.90 Å². The van der Waals surface area contributed by atoms with Crippen LogP contribution < -0.4 is 9.64 Å². The topological polar surface area (TPSA) is 51.1 Å². The highest BCUT2D eigenvalue weighted by atomic mass is 32.2. The maximum absolute atomic E-state index is 13.3. The molecule has 1 saturated heterocycles. The minimum Gasteiger partial charge on any atom is -0.496 e. The Morgan fingerprint density at radius 2 is 1.84 bits per heavy atom. The smallest absolute Gasteiger partial charge is 0.243 e. The van der Waals surface area contributed by atoms with E-state index in [0.29, 0.717) is 26.2 Å². The summed E-state index contributed by atoms with van der Waals surface area (Å²) < 4.78 is 45.4. The first-order chi connectivity index (χ1) is 12.0. The number of halogens is 1. The van der Waals surface area contributed by atoms with Crippen molar-refractivity contribution in [1.82, 2.24) is 4.31 Å². The number of para-hydroxylation sites is 1.